The molecule has 2 amide bonds. The standard InChI is InChI=1S/C19H29N3O4/c1-7-26-10-16(24)21-8-9-22(14(5)13(21)4)19(25)17-11(2)18(15(6)23)20-12(17)3/h13-14,20H,7-10H2,1-6H3/t13-,14-/m1/s1. The molecule has 26 heavy (non-hydrogen) atoms. The van der Waals surface area contributed by atoms with Gasteiger partial charge in [-0.05, 0) is 40.2 Å². The van der Waals surface area contributed by atoms with E-state index in [1.807, 2.05) is 27.7 Å². The van der Waals surface area contributed by atoms with E-state index in [0.717, 1.165) is 0 Å². The van der Waals surface area contributed by atoms with Crippen LogP contribution in [0.2, 0.25) is 0 Å². The van der Waals surface area contributed by atoms with Crippen molar-refractivity contribution in [1.29, 1.82) is 0 Å². The van der Waals surface area contributed by atoms with Crippen molar-refractivity contribution in [3.8, 4) is 0 Å². The Morgan fingerprint density at radius 2 is 1.69 bits per heavy atom. The summed E-state index contributed by atoms with van der Waals surface area (Å²) in [5.41, 5.74) is 2.43. The highest BCUT2D eigenvalue weighted by molar-refractivity contribution is 6.02. The van der Waals surface area contributed by atoms with Crippen molar-refractivity contribution in [2.45, 2.75) is 53.6 Å². The number of ether oxygens (including phenoxy) is 1. The number of Topliss-reactive ketones (excluding diaryl/α,β-unsaturated/α-hetero) is 1. The molecule has 144 valence electrons. The molecule has 2 atom stereocenters. The topological polar surface area (TPSA) is 82.7 Å². The molecule has 1 aromatic heterocycles. The molecule has 0 aromatic carbocycles. The van der Waals surface area contributed by atoms with Crippen molar-refractivity contribution in [2.24, 2.45) is 0 Å². The van der Waals surface area contributed by atoms with Gasteiger partial charge in [0.15, 0.2) is 5.78 Å². The van der Waals surface area contributed by atoms with Crippen LogP contribution in [-0.4, -0.2) is 70.8 Å². The van der Waals surface area contributed by atoms with Gasteiger partial charge in [0.1, 0.15) is 6.61 Å². The summed E-state index contributed by atoms with van der Waals surface area (Å²) in [7, 11) is 0. The maximum atomic E-state index is 13.1. The Morgan fingerprint density at radius 1 is 1.12 bits per heavy atom. The number of aromatic amines is 1. The molecule has 7 nitrogen and oxygen atoms in total. The number of nitrogens with one attached hydrogen (secondary N) is 1. The zero-order valence-corrected chi connectivity index (χ0v) is 16.5. The lowest BCUT2D eigenvalue weighted by atomic mass is 10.0. The first-order valence-corrected chi connectivity index (χ1v) is 9.08. The van der Waals surface area contributed by atoms with Gasteiger partial charge in [-0.2, -0.15) is 0 Å². The van der Waals surface area contributed by atoms with Gasteiger partial charge in [0.2, 0.25) is 5.91 Å². The third-order valence-electron chi connectivity index (χ3n) is 5.28. The zero-order chi connectivity index (χ0) is 19.6. The monoisotopic (exact) mass is 363 g/mol. The number of nitrogens with zero attached hydrogens (tertiary/aromatic N) is 2. The highest BCUT2D eigenvalue weighted by Gasteiger charge is 2.37. The van der Waals surface area contributed by atoms with Crippen molar-refractivity contribution in [3.63, 3.8) is 0 Å². The van der Waals surface area contributed by atoms with Crippen LogP contribution in [0.5, 0.6) is 0 Å². The minimum absolute atomic E-state index is 0.0498. The minimum Gasteiger partial charge on any atom is -0.372 e. The van der Waals surface area contributed by atoms with Crippen molar-refractivity contribution in [2.75, 3.05) is 26.3 Å². The molecular formula is C19H29N3O4. The van der Waals surface area contributed by atoms with E-state index in [0.29, 0.717) is 42.2 Å². The fourth-order valence-electron chi connectivity index (χ4n) is 3.62. The van der Waals surface area contributed by atoms with Gasteiger partial charge in [-0.3, -0.25) is 14.4 Å². The molecule has 0 spiro atoms. The molecular weight excluding hydrogens is 334 g/mol. The smallest absolute Gasteiger partial charge is 0.256 e. The van der Waals surface area contributed by atoms with Gasteiger partial charge in [0.05, 0.1) is 11.3 Å². The molecule has 0 radical (unpaired) electrons. The number of rotatable bonds is 5. The summed E-state index contributed by atoms with van der Waals surface area (Å²) in [4.78, 5) is 43.8. The van der Waals surface area contributed by atoms with E-state index in [-0.39, 0.29) is 36.3 Å². The number of aryl methyl sites for hydroxylation is 1. The first-order chi connectivity index (χ1) is 12.2. The van der Waals surface area contributed by atoms with Crippen molar-refractivity contribution >= 4 is 17.6 Å². The lowest BCUT2D eigenvalue weighted by Gasteiger charge is -2.45. The fourth-order valence-corrected chi connectivity index (χ4v) is 3.62. The number of amides is 2. The highest BCUT2D eigenvalue weighted by Crippen LogP contribution is 2.25. The molecule has 0 saturated carbocycles. The number of carbonyl (C=O) groups excluding carboxylic acids is 3. The first-order valence-electron chi connectivity index (χ1n) is 9.08. The second-order valence-corrected chi connectivity index (χ2v) is 6.89. The Morgan fingerprint density at radius 3 is 2.23 bits per heavy atom. The van der Waals surface area contributed by atoms with Crippen molar-refractivity contribution in [1.82, 2.24) is 14.8 Å². The SMILES string of the molecule is CCOCC(=O)N1CCN(C(=O)c2c(C)[nH]c(C(C)=O)c2C)[C@H](C)[C@H]1C. The molecule has 0 bridgehead atoms. The molecule has 1 N–H and O–H groups in total. The average molecular weight is 363 g/mol. The third-order valence-corrected chi connectivity index (χ3v) is 5.28. The fraction of sp³-hybridized carbons (Fsp3) is 0.632. The van der Waals surface area contributed by atoms with Gasteiger partial charge >= 0.3 is 0 Å². The summed E-state index contributed by atoms with van der Waals surface area (Å²) in [5, 5.41) is 0. The molecule has 7 heteroatoms. The summed E-state index contributed by atoms with van der Waals surface area (Å²) in [6.45, 7) is 12.3. The minimum atomic E-state index is -0.128. The summed E-state index contributed by atoms with van der Waals surface area (Å²) in [6.07, 6.45) is 0. The normalized spacial score (nSPS) is 20.4. The molecule has 2 rings (SSSR count). The van der Waals surface area contributed by atoms with Gasteiger partial charge in [-0.15, -0.1) is 0 Å². The van der Waals surface area contributed by atoms with E-state index in [1.165, 1.54) is 6.92 Å². The van der Waals surface area contributed by atoms with Gasteiger partial charge in [0.25, 0.3) is 5.91 Å². The molecule has 1 aromatic rings. The lowest BCUT2D eigenvalue weighted by molar-refractivity contribution is -0.141. The maximum Gasteiger partial charge on any atom is 0.256 e. The van der Waals surface area contributed by atoms with Crippen LogP contribution < -0.4 is 0 Å². The number of hydrogen-bond acceptors (Lipinski definition) is 4. The summed E-state index contributed by atoms with van der Waals surface area (Å²) >= 11 is 0. The van der Waals surface area contributed by atoms with Crippen LogP contribution in [0.15, 0.2) is 0 Å². The Bertz CT molecular complexity index is 710. The maximum absolute atomic E-state index is 13.1. The Hall–Kier alpha value is -2.15. The molecule has 1 aliphatic rings. The number of ketones is 1. The Labute approximate surface area is 154 Å². The van der Waals surface area contributed by atoms with Gasteiger partial charge in [0, 0.05) is 44.4 Å². The van der Waals surface area contributed by atoms with E-state index in [4.69, 9.17) is 4.74 Å². The van der Waals surface area contributed by atoms with Crippen molar-refractivity contribution in [3.05, 3.63) is 22.5 Å². The van der Waals surface area contributed by atoms with E-state index in [1.54, 1.807) is 16.7 Å². The quantitative estimate of drug-likeness (QED) is 0.811. The van der Waals surface area contributed by atoms with Crippen LogP contribution in [0.3, 0.4) is 0 Å². The molecule has 0 aliphatic carbocycles. The second kappa shape index (κ2) is 8.03. The van der Waals surface area contributed by atoms with Crippen LogP contribution in [0, 0.1) is 13.8 Å². The average Bonchev–Trinajstić information content (AvgIpc) is 2.89. The largest absolute Gasteiger partial charge is 0.372 e. The third kappa shape index (κ3) is 3.67. The summed E-state index contributed by atoms with van der Waals surface area (Å²) in [6, 6.07) is -0.233. The van der Waals surface area contributed by atoms with Gasteiger partial charge in [-0.1, -0.05) is 0 Å². The molecule has 2 heterocycles. The van der Waals surface area contributed by atoms with E-state index in [2.05, 4.69) is 4.98 Å². The number of H-pyrrole nitrogens is 1. The first kappa shape index (κ1) is 20.2. The Balaban J connectivity index is 2.20. The van der Waals surface area contributed by atoms with Gasteiger partial charge < -0.3 is 19.5 Å². The van der Waals surface area contributed by atoms with Crippen molar-refractivity contribution < 1.29 is 19.1 Å². The Kier molecular flexibility index (Phi) is 6.23. The lowest BCUT2D eigenvalue weighted by Crippen LogP contribution is -2.60. The van der Waals surface area contributed by atoms with Crippen LogP contribution in [0.25, 0.3) is 0 Å². The predicted octanol–water partition coefficient (Wildman–Crippen LogP) is 1.93. The van der Waals surface area contributed by atoms with Gasteiger partial charge in [-0.25, -0.2) is 0 Å². The number of aromatic nitrogens is 1. The molecule has 1 aliphatic heterocycles. The van der Waals surface area contributed by atoms with E-state index >= 15 is 0 Å². The van der Waals surface area contributed by atoms with Crippen LogP contribution >= 0.6 is 0 Å². The number of piperazine rings is 1. The van der Waals surface area contributed by atoms with E-state index < -0.39 is 0 Å². The summed E-state index contributed by atoms with van der Waals surface area (Å²) < 4.78 is 5.22. The van der Waals surface area contributed by atoms with E-state index in [9.17, 15) is 14.4 Å². The molecule has 0 unspecified atom stereocenters. The predicted molar refractivity (Wildman–Crippen MR) is 98.4 cm³/mol. The number of carbonyl (C=O) groups is 3. The van der Waals surface area contributed by atoms with Crippen LogP contribution in [-0.2, 0) is 9.53 Å². The second-order valence-electron chi connectivity index (χ2n) is 6.89. The van der Waals surface area contributed by atoms with Crippen LogP contribution in [0.4, 0.5) is 0 Å². The summed E-state index contributed by atoms with van der Waals surface area (Å²) in [5.74, 6) is -0.233. The molecule has 1 fully saturated rings. The molecule has 1 saturated heterocycles. The highest BCUT2D eigenvalue weighted by atomic mass is 16.5. The zero-order valence-electron chi connectivity index (χ0n) is 16.5. The van der Waals surface area contributed by atoms with Crippen LogP contribution in [0.1, 0.15) is 59.8 Å². The number of hydrogen-bond donors (Lipinski definition) is 1.